The second kappa shape index (κ2) is 7.51. The first-order chi connectivity index (χ1) is 14.1. The summed E-state index contributed by atoms with van der Waals surface area (Å²) < 4.78 is 54.1. The van der Waals surface area contributed by atoms with Crippen LogP contribution in [0.25, 0.3) is 0 Å². The molecule has 0 saturated carbocycles. The van der Waals surface area contributed by atoms with Gasteiger partial charge >= 0.3 is 11.9 Å². The number of pyridine rings is 1. The van der Waals surface area contributed by atoms with Crippen molar-refractivity contribution in [2.24, 2.45) is 0 Å². The fourth-order valence-corrected chi connectivity index (χ4v) is 4.06. The van der Waals surface area contributed by atoms with E-state index < -0.39 is 29.8 Å². The highest BCUT2D eigenvalue weighted by molar-refractivity contribution is 5.81. The lowest BCUT2D eigenvalue weighted by Gasteiger charge is -2.29. The maximum atomic E-state index is 13.5. The minimum Gasteiger partial charge on any atom is -0.338 e. The number of fused-ring (bicyclic) bond motifs is 1. The first-order valence-electron chi connectivity index (χ1n) is 9.79. The summed E-state index contributed by atoms with van der Waals surface area (Å²) in [6.07, 6.45) is -3.14. The minimum absolute atomic E-state index is 0.0281. The number of hydrogen-bond acceptors (Lipinski definition) is 4. The van der Waals surface area contributed by atoms with Gasteiger partial charge in [-0.1, -0.05) is 13.0 Å². The Balaban J connectivity index is 1.62. The van der Waals surface area contributed by atoms with Gasteiger partial charge in [-0.2, -0.15) is 18.3 Å². The summed E-state index contributed by atoms with van der Waals surface area (Å²) in [6.45, 7) is 2.19. The molecule has 30 heavy (non-hydrogen) atoms. The molecule has 0 radical (unpaired) electrons. The third-order valence-corrected chi connectivity index (χ3v) is 5.70. The normalized spacial score (nSPS) is 24.2. The molecule has 2 unspecified atom stereocenters. The molecule has 0 bridgehead atoms. The molecule has 162 valence electrons. The van der Waals surface area contributed by atoms with Crippen molar-refractivity contribution >= 4 is 5.91 Å². The van der Waals surface area contributed by atoms with E-state index in [4.69, 9.17) is 0 Å². The van der Waals surface area contributed by atoms with E-state index in [9.17, 15) is 27.2 Å². The number of halogens is 4. The Morgan fingerprint density at radius 3 is 2.60 bits per heavy atom. The molecule has 3 atom stereocenters. The number of aromatic nitrogens is 4. The Kier molecular flexibility index (Phi) is 5.15. The summed E-state index contributed by atoms with van der Waals surface area (Å²) in [4.78, 5) is 30.8. The van der Waals surface area contributed by atoms with Gasteiger partial charge in [0.1, 0.15) is 23.7 Å². The second-order valence-electron chi connectivity index (χ2n) is 7.88. The van der Waals surface area contributed by atoms with E-state index in [1.54, 1.807) is 0 Å². The molecule has 1 saturated heterocycles. The number of amides is 1. The first kappa shape index (κ1) is 20.5. The van der Waals surface area contributed by atoms with E-state index >= 15 is 0 Å². The molecule has 0 aromatic carbocycles. The van der Waals surface area contributed by atoms with E-state index in [0.29, 0.717) is 30.8 Å². The lowest BCUT2D eigenvalue weighted by Crippen LogP contribution is -2.42. The molecular formula is C19H21F4N5O2. The minimum atomic E-state index is -4.54. The zero-order valence-electron chi connectivity index (χ0n) is 16.3. The SMILES string of the molecule is CC1CCC(C(=O)N2CC[C@H](F)C2)n2c1nn(Cc1ccc(C(F)(F)F)nc1)c2=O. The zero-order valence-corrected chi connectivity index (χ0v) is 16.3. The summed E-state index contributed by atoms with van der Waals surface area (Å²) in [5.74, 6) is 0.114. The molecule has 1 fully saturated rings. The average Bonchev–Trinajstić information content (AvgIpc) is 3.26. The highest BCUT2D eigenvalue weighted by Gasteiger charge is 2.38. The van der Waals surface area contributed by atoms with Crippen LogP contribution in [-0.2, 0) is 17.5 Å². The molecule has 2 aliphatic rings. The Bertz CT molecular complexity index is 998. The van der Waals surface area contributed by atoms with Crippen LogP contribution in [0.4, 0.5) is 17.6 Å². The Morgan fingerprint density at radius 2 is 2.00 bits per heavy atom. The molecular weight excluding hydrogens is 406 g/mol. The lowest BCUT2D eigenvalue weighted by atomic mass is 9.95. The molecule has 4 heterocycles. The summed E-state index contributed by atoms with van der Waals surface area (Å²) in [5.41, 5.74) is -1.14. The summed E-state index contributed by atoms with van der Waals surface area (Å²) in [5, 5.41) is 4.34. The van der Waals surface area contributed by atoms with Gasteiger partial charge in [0.25, 0.3) is 0 Å². The smallest absolute Gasteiger partial charge is 0.338 e. The van der Waals surface area contributed by atoms with Crippen molar-refractivity contribution in [3.8, 4) is 0 Å². The highest BCUT2D eigenvalue weighted by Crippen LogP contribution is 2.33. The largest absolute Gasteiger partial charge is 0.433 e. The number of alkyl halides is 4. The van der Waals surface area contributed by atoms with Crippen LogP contribution in [-0.4, -0.2) is 49.4 Å². The third-order valence-electron chi connectivity index (χ3n) is 5.70. The van der Waals surface area contributed by atoms with Crippen LogP contribution < -0.4 is 5.69 Å². The van der Waals surface area contributed by atoms with Crippen molar-refractivity contribution in [1.29, 1.82) is 0 Å². The van der Waals surface area contributed by atoms with Crippen LogP contribution in [0.1, 0.15) is 55.2 Å². The summed E-state index contributed by atoms with van der Waals surface area (Å²) >= 11 is 0. The molecule has 2 aromatic rings. The van der Waals surface area contributed by atoms with Gasteiger partial charge in [0, 0.05) is 18.7 Å². The van der Waals surface area contributed by atoms with E-state index in [1.807, 2.05) is 6.92 Å². The van der Waals surface area contributed by atoms with Crippen LogP contribution in [0.3, 0.4) is 0 Å². The Labute approximate surface area is 169 Å². The maximum Gasteiger partial charge on any atom is 0.433 e. The third kappa shape index (κ3) is 3.72. The van der Waals surface area contributed by atoms with Crippen molar-refractivity contribution in [2.45, 2.75) is 57.0 Å². The molecule has 11 heteroatoms. The standard InChI is InChI=1S/C19H21F4N5O2/c1-11-2-4-14(17(29)26-7-6-13(20)10-26)28-16(11)25-27(18(28)30)9-12-3-5-15(24-8-12)19(21,22)23/h3,5,8,11,13-14H,2,4,6-7,9-10H2,1H3/t11?,13-,14?/m0/s1. The molecule has 0 aliphatic carbocycles. The topological polar surface area (TPSA) is 73.0 Å². The Hall–Kier alpha value is -2.72. The fourth-order valence-electron chi connectivity index (χ4n) is 4.06. The van der Waals surface area contributed by atoms with Gasteiger partial charge in [0.05, 0.1) is 13.1 Å². The van der Waals surface area contributed by atoms with E-state index in [-0.39, 0.29) is 31.3 Å². The predicted molar refractivity (Wildman–Crippen MR) is 97.6 cm³/mol. The number of carbonyl (C=O) groups is 1. The fraction of sp³-hybridized carbons (Fsp3) is 0.579. The van der Waals surface area contributed by atoms with Gasteiger partial charge in [0.2, 0.25) is 5.91 Å². The molecule has 7 nitrogen and oxygen atoms in total. The van der Waals surface area contributed by atoms with E-state index in [2.05, 4.69) is 10.1 Å². The van der Waals surface area contributed by atoms with Crippen molar-refractivity contribution < 1.29 is 22.4 Å². The van der Waals surface area contributed by atoms with Crippen molar-refractivity contribution in [1.82, 2.24) is 24.2 Å². The van der Waals surface area contributed by atoms with Crippen LogP contribution in [0.5, 0.6) is 0 Å². The van der Waals surface area contributed by atoms with Gasteiger partial charge in [0.15, 0.2) is 0 Å². The highest BCUT2D eigenvalue weighted by atomic mass is 19.4. The number of rotatable bonds is 3. The lowest BCUT2D eigenvalue weighted by molar-refractivity contribution is -0.141. The second-order valence-corrected chi connectivity index (χ2v) is 7.88. The summed E-state index contributed by atoms with van der Waals surface area (Å²) in [7, 11) is 0. The van der Waals surface area contributed by atoms with E-state index in [1.165, 1.54) is 15.5 Å². The monoisotopic (exact) mass is 427 g/mol. The molecule has 2 aromatic heterocycles. The molecule has 0 spiro atoms. The number of carbonyl (C=O) groups excluding carboxylic acids is 1. The number of hydrogen-bond donors (Lipinski definition) is 0. The van der Waals surface area contributed by atoms with Crippen molar-refractivity contribution in [2.75, 3.05) is 13.1 Å². The van der Waals surface area contributed by atoms with Gasteiger partial charge in [-0.15, -0.1) is 0 Å². The number of likely N-dealkylation sites (tertiary alicyclic amines) is 1. The van der Waals surface area contributed by atoms with Crippen LogP contribution in [0.15, 0.2) is 23.1 Å². The van der Waals surface area contributed by atoms with Crippen LogP contribution in [0.2, 0.25) is 0 Å². The summed E-state index contributed by atoms with van der Waals surface area (Å²) in [6, 6.07) is 1.36. The molecule has 0 N–H and O–H groups in total. The molecule has 1 amide bonds. The van der Waals surface area contributed by atoms with E-state index in [0.717, 1.165) is 16.9 Å². The van der Waals surface area contributed by atoms with Gasteiger partial charge < -0.3 is 4.90 Å². The predicted octanol–water partition coefficient (Wildman–Crippen LogP) is 2.52. The molecule has 4 rings (SSSR count). The first-order valence-corrected chi connectivity index (χ1v) is 9.79. The van der Waals surface area contributed by atoms with Gasteiger partial charge in [-0.3, -0.25) is 14.3 Å². The average molecular weight is 427 g/mol. The Morgan fingerprint density at radius 1 is 1.23 bits per heavy atom. The van der Waals surface area contributed by atoms with Gasteiger partial charge in [-0.25, -0.2) is 13.9 Å². The zero-order chi connectivity index (χ0) is 21.6. The van der Waals surface area contributed by atoms with Crippen LogP contribution in [0, 0.1) is 0 Å². The quantitative estimate of drug-likeness (QED) is 0.706. The van der Waals surface area contributed by atoms with Crippen LogP contribution >= 0.6 is 0 Å². The maximum absolute atomic E-state index is 13.5. The van der Waals surface area contributed by atoms with Gasteiger partial charge in [-0.05, 0) is 30.9 Å². The molecule has 2 aliphatic heterocycles. The van der Waals surface area contributed by atoms with Crippen molar-refractivity contribution in [3.05, 3.63) is 45.9 Å². The number of nitrogens with zero attached hydrogens (tertiary/aromatic N) is 5. The van der Waals surface area contributed by atoms with Crippen molar-refractivity contribution in [3.63, 3.8) is 0 Å².